The van der Waals surface area contributed by atoms with Gasteiger partial charge in [0.1, 0.15) is 5.82 Å². The monoisotopic (exact) mass is 576 g/mol. The van der Waals surface area contributed by atoms with Crippen LogP contribution in [0.25, 0.3) is 0 Å². The first-order valence-corrected chi connectivity index (χ1v) is 11.9. The quantitative estimate of drug-likeness (QED) is 0.199. The minimum absolute atomic E-state index is 0. The molecule has 1 saturated carbocycles. The Balaban J connectivity index is 0.00000385. The molecule has 1 aromatic rings. The number of nitrogens with one attached hydrogen (secondary N) is 2. The highest BCUT2D eigenvalue weighted by molar-refractivity contribution is 14.0. The molecule has 33 heavy (non-hydrogen) atoms. The van der Waals surface area contributed by atoms with Crippen molar-refractivity contribution in [1.29, 1.82) is 0 Å². The SMILES string of the molecule is CCNC(=NCc1ccc(N2CCC(O)CC2)c(F)c1)NC1CCC(C(=O)OCC)CC1.I. The lowest BCUT2D eigenvalue weighted by molar-refractivity contribution is -0.149. The Morgan fingerprint density at radius 3 is 2.48 bits per heavy atom. The summed E-state index contributed by atoms with van der Waals surface area (Å²) in [7, 11) is 0. The Labute approximate surface area is 213 Å². The van der Waals surface area contributed by atoms with Crippen LogP contribution in [0.15, 0.2) is 23.2 Å². The summed E-state index contributed by atoms with van der Waals surface area (Å²) in [6, 6.07) is 5.54. The van der Waals surface area contributed by atoms with Gasteiger partial charge in [-0.05, 0) is 70.1 Å². The zero-order valence-corrected chi connectivity index (χ0v) is 22.0. The van der Waals surface area contributed by atoms with Gasteiger partial charge < -0.3 is 25.4 Å². The van der Waals surface area contributed by atoms with Crippen LogP contribution in [0, 0.1) is 11.7 Å². The zero-order valence-electron chi connectivity index (χ0n) is 19.7. The molecule has 1 saturated heterocycles. The number of esters is 1. The molecular formula is C24H38FIN4O3. The van der Waals surface area contributed by atoms with Crippen LogP contribution in [0.5, 0.6) is 0 Å². The number of hydrogen-bond donors (Lipinski definition) is 3. The van der Waals surface area contributed by atoms with Crippen molar-refractivity contribution >= 4 is 41.6 Å². The first-order valence-electron chi connectivity index (χ1n) is 11.9. The molecule has 0 amide bonds. The van der Waals surface area contributed by atoms with E-state index >= 15 is 0 Å². The lowest BCUT2D eigenvalue weighted by Crippen LogP contribution is -2.45. The van der Waals surface area contributed by atoms with Gasteiger partial charge in [0.2, 0.25) is 0 Å². The summed E-state index contributed by atoms with van der Waals surface area (Å²) < 4.78 is 19.9. The van der Waals surface area contributed by atoms with Gasteiger partial charge in [0.15, 0.2) is 5.96 Å². The van der Waals surface area contributed by atoms with E-state index in [1.165, 1.54) is 0 Å². The second-order valence-corrected chi connectivity index (χ2v) is 8.64. The van der Waals surface area contributed by atoms with Crippen molar-refractivity contribution in [2.75, 3.05) is 31.1 Å². The van der Waals surface area contributed by atoms with Crippen LogP contribution in [-0.4, -0.2) is 55.4 Å². The van der Waals surface area contributed by atoms with Crippen LogP contribution in [0.1, 0.15) is 57.9 Å². The van der Waals surface area contributed by atoms with Crippen molar-refractivity contribution in [3.05, 3.63) is 29.6 Å². The van der Waals surface area contributed by atoms with Gasteiger partial charge in [0.05, 0.1) is 30.9 Å². The largest absolute Gasteiger partial charge is 0.466 e. The lowest BCUT2D eigenvalue weighted by Gasteiger charge is -2.31. The first-order chi connectivity index (χ1) is 15.5. The van der Waals surface area contributed by atoms with Gasteiger partial charge in [-0.25, -0.2) is 9.38 Å². The summed E-state index contributed by atoms with van der Waals surface area (Å²) in [5.41, 5.74) is 1.40. The summed E-state index contributed by atoms with van der Waals surface area (Å²) in [4.78, 5) is 18.6. The van der Waals surface area contributed by atoms with Gasteiger partial charge in [-0.1, -0.05) is 6.07 Å². The number of hydrogen-bond acceptors (Lipinski definition) is 5. The Hall–Kier alpha value is -1.62. The number of piperidine rings is 1. The number of aliphatic hydroxyl groups is 1. The molecule has 2 aliphatic rings. The molecule has 1 heterocycles. The van der Waals surface area contributed by atoms with Gasteiger partial charge in [-0.2, -0.15) is 0 Å². The van der Waals surface area contributed by atoms with Crippen molar-refractivity contribution in [3.8, 4) is 0 Å². The molecular weight excluding hydrogens is 538 g/mol. The number of aliphatic hydroxyl groups excluding tert-OH is 1. The van der Waals surface area contributed by atoms with Crippen molar-refractivity contribution in [1.82, 2.24) is 10.6 Å². The zero-order chi connectivity index (χ0) is 22.9. The average molecular weight is 576 g/mol. The third kappa shape index (κ3) is 8.27. The predicted octanol–water partition coefficient (Wildman–Crippen LogP) is 3.58. The van der Waals surface area contributed by atoms with Crippen molar-refractivity contribution in [3.63, 3.8) is 0 Å². The van der Waals surface area contributed by atoms with E-state index in [2.05, 4.69) is 15.6 Å². The van der Waals surface area contributed by atoms with Crippen LogP contribution < -0.4 is 15.5 Å². The molecule has 0 bridgehead atoms. The standard InChI is InChI=1S/C24H37FN4O3.HI/c1-3-26-24(28-19-8-6-18(7-9-19)23(31)32-4-2)27-16-17-5-10-22(21(25)15-17)29-13-11-20(30)12-14-29;/h5,10,15,18-20,30H,3-4,6-9,11-14,16H2,1-2H3,(H2,26,27,28);1H. The Morgan fingerprint density at radius 2 is 1.88 bits per heavy atom. The molecule has 3 rings (SSSR count). The normalized spacial score (nSPS) is 21.8. The number of benzene rings is 1. The number of aliphatic imine (C=N–C) groups is 1. The van der Waals surface area contributed by atoms with Crippen molar-refractivity contribution in [2.24, 2.45) is 10.9 Å². The topological polar surface area (TPSA) is 86.2 Å². The fourth-order valence-electron chi connectivity index (χ4n) is 4.43. The highest BCUT2D eigenvalue weighted by atomic mass is 127. The maximum absolute atomic E-state index is 14.7. The van der Waals surface area contributed by atoms with Gasteiger partial charge in [-0.3, -0.25) is 4.79 Å². The predicted molar refractivity (Wildman–Crippen MR) is 140 cm³/mol. The van der Waals surface area contributed by atoms with E-state index in [9.17, 15) is 14.3 Å². The smallest absolute Gasteiger partial charge is 0.308 e. The minimum atomic E-state index is -0.278. The number of guanidine groups is 1. The van der Waals surface area contributed by atoms with Crippen LogP contribution in [-0.2, 0) is 16.1 Å². The summed E-state index contributed by atoms with van der Waals surface area (Å²) in [6.07, 6.45) is 4.48. The van der Waals surface area contributed by atoms with E-state index < -0.39 is 0 Å². The maximum atomic E-state index is 14.7. The van der Waals surface area contributed by atoms with E-state index in [1.54, 1.807) is 6.07 Å². The number of anilines is 1. The molecule has 0 radical (unpaired) electrons. The number of halogens is 2. The van der Waals surface area contributed by atoms with Crippen LogP contribution in [0.4, 0.5) is 10.1 Å². The summed E-state index contributed by atoms with van der Waals surface area (Å²) in [5, 5.41) is 16.4. The van der Waals surface area contributed by atoms with Gasteiger partial charge in [0, 0.05) is 25.7 Å². The summed E-state index contributed by atoms with van der Waals surface area (Å²) in [6.45, 7) is 6.73. The second-order valence-electron chi connectivity index (χ2n) is 8.64. The van der Waals surface area contributed by atoms with Crippen molar-refractivity contribution < 1.29 is 19.0 Å². The number of ether oxygens (including phenoxy) is 1. The highest BCUT2D eigenvalue weighted by Crippen LogP contribution is 2.26. The minimum Gasteiger partial charge on any atom is -0.466 e. The van der Waals surface area contributed by atoms with Crippen LogP contribution in [0.3, 0.4) is 0 Å². The molecule has 3 N–H and O–H groups in total. The fraction of sp³-hybridized carbons (Fsp3) is 0.667. The van der Waals surface area contributed by atoms with E-state index in [0.29, 0.717) is 50.7 Å². The maximum Gasteiger partial charge on any atom is 0.308 e. The first kappa shape index (κ1) is 27.6. The molecule has 9 heteroatoms. The number of carbonyl (C=O) groups is 1. The summed E-state index contributed by atoms with van der Waals surface area (Å²) in [5.74, 6) is 0.376. The van der Waals surface area contributed by atoms with Crippen LogP contribution in [0.2, 0.25) is 0 Å². The van der Waals surface area contributed by atoms with E-state index in [1.807, 2.05) is 30.9 Å². The molecule has 1 aromatic carbocycles. The molecule has 7 nitrogen and oxygen atoms in total. The third-order valence-corrected chi connectivity index (χ3v) is 6.27. The molecule has 0 unspecified atom stereocenters. The Morgan fingerprint density at radius 1 is 1.18 bits per heavy atom. The van der Waals surface area contributed by atoms with Crippen molar-refractivity contribution in [2.45, 2.75) is 71.1 Å². The average Bonchev–Trinajstić information content (AvgIpc) is 2.79. The molecule has 0 atom stereocenters. The van der Waals surface area contributed by atoms with E-state index in [4.69, 9.17) is 4.74 Å². The molecule has 0 spiro atoms. The van der Waals surface area contributed by atoms with Gasteiger partial charge in [-0.15, -0.1) is 24.0 Å². The molecule has 186 valence electrons. The van der Waals surface area contributed by atoms with E-state index in [0.717, 1.165) is 37.8 Å². The number of rotatable bonds is 7. The number of carbonyl (C=O) groups excluding carboxylic acids is 1. The number of nitrogens with zero attached hydrogens (tertiary/aromatic N) is 2. The fourth-order valence-corrected chi connectivity index (χ4v) is 4.43. The lowest BCUT2D eigenvalue weighted by atomic mass is 9.86. The summed E-state index contributed by atoms with van der Waals surface area (Å²) >= 11 is 0. The van der Waals surface area contributed by atoms with Crippen LogP contribution >= 0.6 is 24.0 Å². The molecule has 1 aliphatic carbocycles. The third-order valence-electron chi connectivity index (χ3n) is 6.27. The highest BCUT2D eigenvalue weighted by Gasteiger charge is 2.27. The Bertz CT molecular complexity index is 779. The Kier molecular flexibility index (Phi) is 11.7. The molecule has 2 fully saturated rings. The van der Waals surface area contributed by atoms with Gasteiger partial charge in [0.25, 0.3) is 0 Å². The van der Waals surface area contributed by atoms with Gasteiger partial charge >= 0.3 is 5.97 Å². The van der Waals surface area contributed by atoms with E-state index in [-0.39, 0.29) is 53.8 Å². The molecule has 1 aliphatic heterocycles. The second kappa shape index (κ2) is 13.9. The molecule has 0 aromatic heterocycles.